The molecule has 1 heterocycles. The summed E-state index contributed by atoms with van der Waals surface area (Å²) in [5, 5.41) is 1.11. The Bertz CT molecular complexity index is 726. The van der Waals surface area contributed by atoms with Crippen LogP contribution in [0.15, 0.2) is 59.1 Å². The van der Waals surface area contributed by atoms with Crippen molar-refractivity contribution >= 4 is 26.8 Å². The molecular weight excluding hydrogens is 350 g/mol. The molecule has 0 aliphatic rings. The first-order chi connectivity index (χ1) is 11.3. The second-order valence-electron chi connectivity index (χ2n) is 4.24. The Morgan fingerprint density at radius 3 is 2.13 bits per heavy atom. The van der Waals surface area contributed by atoms with Crippen LogP contribution < -0.4 is 4.74 Å². The SMILES string of the molecule is CC.CC.COc1cc(-c2ccccc2)c2cc(Br)ccc2n1. The van der Waals surface area contributed by atoms with Crippen molar-refractivity contribution in [2.24, 2.45) is 0 Å². The lowest BCUT2D eigenvalue weighted by Gasteiger charge is -2.09. The van der Waals surface area contributed by atoms with Gasteiger partial charge in [0, 0.05) is 15.9 Å². The zero-order valence-corrected chi connectivity index (χ0v) is 16.0. The Kier molecular flexibility index (Phi) is 8.35. The number of halogens is 1. The first-order valence-electron chi connectivity index (χ1n) is 7.97. The van der Waals surface area contributed by atoms with Crippen molar-refractivity contribution < 1.29 is 4.74 Å². The summed E-state index contributed by atoms with van der Waals surface area (Å²) in [7, 11) is 1.64. The predicted octanol–water partition coefficient (Wildman–Crippen LogP) is 6.73. The number of pyridine rings is 1. The van der Waals surface area contributed by atoms with Gasteiger partial charge in [-0.3, -0.25) is 0 Å². The van der Waals surface area contributed by atoms with E-state index in [1.54, 1.807) is 7.11 Å². The van der Waals surface area contributed by atoms with Crippen molar-refractivity contribution in [3.63, 3.8) is 0 Å². The first kappa shape index (κ1) is 19.2. The highest BCUT2D eigenvalue weighted by atomic mass is 79.9. The van der Waals surface area contributed by atoms with E-state index >= 15 is 0 Å². The number of methoxy groups -OCH3 is 1. The zero-order valence-electron chi connectivity index (χ0n) is 14.4. The van der Waals surface area contributed by atoms with E-state index in [4.69, 9.17) is 4.74 Å². The van der Waals surface area contributed by atoms with E-state index in [-0.39, 0.29) is 0 Å². The second-order valence-corrected chi connectivity index (χ2v) is 5.16. The molecule has 0 aliphatic heterocycles. The third-order valence-corrected chi connectivity index (χ3v) is 3.53. The van der Waals surface area contributed by atoms with Gasteiger partial charge < -0.3 is 4.74 Å². The topological polar surface area (TPSA) is 22.1 Å². The number of hydrogen-bond acceptors (Lipinski definition) is 2. The van der Waals surface area contributed by atoms with Gasteiger partial charge >= 0.3 is 0 Å². The molecule has 3 rings (SSSR count). The average Bonchev–Trinajstić information content (AvgIpc) is 2.65. The third-order valence-electron chi connectivity index (χ3n) is 3.04. The Labute approximate surface area is 147 Å². The molecule has 3 aromatic rings. The third kappa shape index (κ3) is 4.80. The van der Waals surface area contributed by atoms with Crippen LogP contribution in [0.3, 0.4) is 0 Å². The van der Waals surface area contributed by atoms with Crippen LogP contribution in [-0.4, -0.2) is 12.1 Å². The standard InChI is InChI=1S/C16H12BrNO.2C2H6/c1-19-16-10-13(11-5-3-2-4-6-11)14-9-12(17)7-8-15(14)18-16;2*1-2/h2-10H,1H3;2*1-2H3. The van der Waals surface area contributed by atoms with Crippen LogP contribution in [0.4, 0.5) is 0 Å². The second kappa shape index (κ2) is 10.0. The molecule has 0 saturated heterocycles. The van der Waals surface area contributed by atoms with Gasteiger partial charge in [-0.05, 0) is 29.3 Å². The van der Waals surface area contributed by atoms with Crippen LogP contribution in [0.5, 0.6) is 5.88 Å². The number of fused-ring (bicyclic) bond motifs is 1. The smallest absolute Gasteiger partial charge is 0.214 e. The highest BCUT2D eigenvalue weighted by Gasteiger charge is 2.08. The van der Waals surface area contributed by atoms with Crippen molar-refractivity contribution in [1.82, 2.24) is 4.98 Å². The minimum absolute atomic E-state index is 0.633. The van der Waals surface area contributed by atoms with Gasteiger partial charge in [-0.15, -0.1) is 0 Å². The van der Waals surface area contributed by atoms with Crippen molar-refractivity contribution in [1.29, 1.82) is 0 Å². The molecule has 1 aromatic heterocycles. The molecule has 0 bridgehead atoms. The summed E-state index contributed by atoms with van der Waals surface area (Å²) in [4.78, 5) is 4.48. The molecule has 23 heavy (non-hydrogen) atoms. The number of benzene rings is 2. The molecule has 0 saturated carbocycles. The fraction of sp³-hybridized carbons (Fsp3) is 0.250. The molecule has 2 nitrogen and oxygen atoms in total. The molecule has 0 unspecified atom stereocenters. The highest BCUT2D eigenvalue weighted by molar-refractivity contribution is 9.10. The molecule has 0 N–H and O–H groups in total. The van der Waals surface area contributed by atoms with Crippen molar-refractivity contribution in [2.45, 2.75) is 27.7 Å². The van der Waals surface area contributed by atoms with Crippen LogP contribution in [-0.2, 0) is 0 Å². The van der Waals surface area contributed by atoms with Gasteiger partial charge in [0.2, 0.25) is 5.88 Å². The molecule has 3 heteroatoms. The van der Waals surface area contributed by atoms with E-state index in [9.17, 15) is 0 Å². The average molecular weight is 374 g/mol. The Hall–Kier alpha value is -1.87. The molecule has 0 radical (unpaired) electrons. The first-order valence-corrected chi connectivity index (χ1v) is 8.77. The minimum Gasteiger partial charge on any atom is -0.481 e. The summed E-state index contributed by atoms with van der Waals surface area (Å²) in [5.41, 5.74) is 3.22. The van der Waals surface area contributed by atoms with Crippen molar-refractivity contribution in [3.8, 4) is 17.0 Å². The largest absolute Gasteiger partial charge is 0.481 e. The van der Waals surface area contributed by atoms with E-state index in [0.717, 1.165) is 26.5 Å². The Balaban J connectivity index is 0.000000615. The maximum absolute atomic E-state index is 5.29. The lowest BCUT2D eigenvalue weighted by atomic mass is 10.0. The molecule has 0 spiro atoms. The Morgan fingerprint density at radius 2 is 1.52 bits per heavy atom. The highest BCUT2D eigenvalue weighted by Crippen LogP contribution is 2.32. The van der Waals surface area contributed by atoms with Gasteiger partial charge in [0.1, 0.15) is 0 Å². The summed E-state index contributed by atoms with van der Waals surface area (Å²) >= 11 is 3.52. The fourth-order valence-electron chi connectivity index (χ4n) is 2.13. The number of hydrogen-bond donors (Lipinski definition) is 0. The van der Waals surface area contributed by atoms with Gasteiger partial charge in [-0.1, -0.05) is 74.0 Å². The number of nitrogens with zero attached hydrogens (tertiary/aromatic N) is 1. The van der Waals surface area contributed by atoms with Gasteiger partial charge in [-0.2, -0.15) is 0 Å². The lowest BCUT2D eigenvalue weighted by Crippen LogP contribution is -1.91. The molecule has 2 aromatic carbocycles. The van der Waals surface area contributed by atoms with E-state index < -0.39 is 0 Å². The molecule has 122 valence electrons. The molecule has 0 amide bonds. The predicted molar refractivity (Wildman–Crippen MR) is 104 cm³/mol. The Morgan fingerprint density at radius 1 is 0.870 bits per heavy atom. The maximum atomic E-state index is 5.29. The van der Waals surface area contributed by atoms with Gasteiger partial charge in [0.15, 0.2) is 0 Å². The summed E-state index contributed by atoms with van der Waals surface area (Å²) in [6, 6.07) is 18.3. The van der Waals surface area contributed by atoms with Crippen molar-refractivity contribution in [3.05, 3.63) is 59.1 Å². The van der Waals surface area contributed by atoms with E-state index in [2.05, 4.69) is 39.1 Å². The van der Waals surface area contributed by atoms with Gasteiger partial charge in [-0.25, -0.2) is 4.98 Å². The maximum Gasteiger partial charge on any atom is 0.214 e. The summed E-state index contributed by atoms with van der Waals surface area (Å²) in [6.45, 7) is 8.00. The van der Waals surface area contributed by atoms with Crippen LogP contribution in [0, 0.1) is 0 Å². The van der Waals surface area contributed by atoms with Crippen LogP contribution in [0.2, 0.25) is 0 Å². The lowest BCUT2D eigenvalue weighted by molar-refractivity contribution is 0.400. The molecule has 0 fully saturated rings. The molecule has 0 aliphatic carbocycles. The number of ether oxygens (including phenoxy) is 1. The normalized spacial score (nSPS) is 9.30. The van der Waals surface area contributed by atoms with Gasteiger partial charge in [0.05, 0.1) is 12.6 Å². The fourth-order valence-corrected chi connectivity index (χ4v) is 2.50. The minimum atomic E-state index is 0.633. The summed E-state index contributed by atoms with van der Waals surface area (Å²) < 4.78 is 6.34. The summed E-state index contributed by atoms with van der Waals surface area (Å²) in [6.07, 6.45) is 0. The zero-order chi connectivity index (χ0) is 17.2. The summed E-state index contributed by atoms with van der Waals surface area (Å²) in [5.74, 6) is 0.633. The van der Waals surface area contributed by atoms with Crippen LogP contribution >= 0.6 is 15.9 Å². The molecular formula is C20H24BrNO. The van der Waals surface area contributed by atoms with Gasteiger partial charge in [0.25, 0.3) is 0 Å². The van der Waals surface area contributed by atoms with E-state index in [0.29, 0.717) is 5.88 Å². The molecule has 0 atom stereocenters. The number of rotatable bonds is 2. The van der Waals surface area contributed by atoms with Crippen LogP contribution in [0.1, 0.15) is 27.7 Å². The number of aromatic nitrogens is 1. The van der Waals surface area contributed by atoms with E-state index in [1.807, 2.05) is 64.1 Å². The quantitative estimate of drug-likeness (QED) is 0.496. The monoisotopic (exact) mass is 373 g/mol. The van der Waals surface area contributed by atoms with Crippen LogP contribution in [0.25, 0.3) is 22.0 Å². The van der Waals surface area contributed by atoms with Crippen molar-refractivity contribution in [2.75, 3.05) is 7.11 Å². The van der Waals surface area contributed by atoms with E-state index in [1.165, 1.54) is 0 Å².